The van der Waals surface area contributed by atoms with Gasteiger partial charge in [0.1, 0.15) is 0 Å². The zero-order valence-electron chi connectivity index (χ0n) is 15.4. The van der Waals surface area contributed by atoms with Crippen LogP contribution in [-0.4, -0.2) is 30.4 Å². The maximum absolute atomic E-state index is 12.6. The van der Waals surface area contributed by atoms with E-state index < -0.39 is 0 Å². The predicted octanol–water partition coefficient (Wildman–Crippen LogP) is 5.07. The molecule has 0 fully saturated rings. The van der Waals surface area contributed by atoms with Gasteiger partial charge in [0.15, 0.2) is 0 Å². The second kappa shape index (κ2) is 9.16. The van der Waals surface area contributed by atoms with E-state index in [0.29, 0.717) is 5.92 Å². The van der Waals surface area contributed by atoms with Gasteiger partial charge in [0.05, 0.1) is 6.04 Å². The van der Waals surface area contributed by atoms with Crippen molar-refractivity contribution in [1.82, 2.24) is 4.90 Å². The van der Waals surface area contributed by atoms with Gasteiger partial charge in [0.25, 0.3) is 0 Å². The first-order chi connectivity index (χ1) is 11.9. The SMILES string of the molecule is CC(C)c1ccccc1NC(=O)C(C)N(C)CCc1ccc(Br)cc1. The molecule has 1 unspecified atom stereocenters. The molecule has 0 spiro atoms. The number of anilines is 1. The molecule has 0 radical (unpaired) electrons. The second-order valence-corrected chi connectivity index (χ2v) is 7.68. The molecule has 2 rings (SSSR count). The fourth-order valence-electron chi connectivity index (χ4n) is 2.70. The van der Waals surface area contributed by atoms with Gasteiger partial charge >= 0.3 is 0 Å². The van der Waals surface area contributed by atoms with Crippen molar-refractivity contribution in [2.45, 2.75) is 39.2 Å². The predicted molar refractivity (Wildman–Crippen MR) is 109 cm³/mol. The van der Waals surface area contributed by atoms with Gasteiger partial charge in [-0.15, -0.1) is 0 Å². The normalized spacial score (nSPS) is 12.4. The lowest BCUT2D eigenvalue weighted by molar-refractivity contribution is -0.120. The van der Waals surface area contributed by atoms with Crippen LogP contribution in [0.2, 0.25) is 0 Å². The fraction of sp³-hybridized carbons (Fsp3) is 0.381. The Kier molecular flexibility index (Phi) is 7.21. The Bertz CT molecular complexity index is 697. The molecule has 2 aromatic carbocycles. The van der Waals surface area contributed by atoms with Crippen molar-refractivity contribution in [3.05, 3.63) is 64.1 Å². The first-order valence-electron chi connectivity index (χ1n) is 8.73. The molecule has 1 atom stereocenters. The fourth-order valence-corrected chi connectivity index (χ4v) is 2.97. The Hall–Kier alpha value is -1.65. The van der Waals surface area contributed by atoms with Crippen LogP contribution in [0.1, 0.15) is 37.8 Å². The van der Waals surface area contributed by atoms with E-state index in [1.54, 1.807) is 0 Å². The number of amides is 1. The summed E-state index contributed by atoms with van der Waals surface area (Å²) in [5.74, 6) is 0.411. The quantitative estimate of drug-likeness (QED) is 0.700. The minimum absolute atomic E-state index is 0.0337. The Morgan fingerprint density at radius 2 is 1.72 bits per heavy atom. The van der Waals surface area contributed by atoms with Gasteiger partial charge in [-0.2, -0.15) is 0 Å². The third-order valence-electron chi connectivity index (χ3n) is 4.55. The molecule has 25 heavy (non-hydrogen) atoms. The monoisotopic (exact) mass is 402 g/mol. The number of nitrogens with zero attached hydrogens (tertiary/aromatic N) is 1. The molecule has 0 saturated carbocycles. The molecule has 1 N–H and O–H groups in total. The molecule has 4 heteroatoms. The maximum Gasteiger partial charge on any atom is 0.241 e. The van der Waals surface area contributed by atoms with Gasteiger partial charge in [0, 0.05) is 16.7 Å². The van der Waals surface area contributed by atoms with Crippen molar-refractivity contribution in [3.63, 3.8) is 0 Å². The van der Waals surface area contributed by atoms with Gasteiger partial charge in [0.2, 0.25) is 5.91 Å². The van der Waals surface area contributed by atoms with Gasteiger partial charge in [-0.1, -0.05) is 60.1 Å². The molecule has 134 valence electrons. The van der Waals surface area contributed by atoms with Crippen molar-refractivity contribution in [2.24, 2.45) is 0 Å². The molecular weight excluding hydrogens is 376 g/mol. The summed E-state index contributed by atoms with van der Waals surface area (Å²) in [6.07, 6.45) is 0.921. The third kappa shape index (κ3) is 5.68. The zero-order chi connectivity index (χ0) is 18.4. The van der Waals surface area contributed by atoms with Crippen molar-refractivity contribution in [3.8, 4) is 0 Å². The summed E-state index contributed by atoms with van der Waals surface area (Å²) in [7, 11) is 2.00. The maximum atomic E-state index is 12.6. The van der Waals surface area contributed by atoms with Crippen LogP contribution in [0, 0.1) is 0 Å². The number of carbonyl (C=O) groups is 1. The molecule has 0 aliphatic carbocycles. The molecule has 0 bridgehead atoms. The van der Waals surface area contributed by atoms with Crippen LogP contribution in [0.25, 0.3) is 0 Å². The van der Waals surface area contributed by atoms with Crippen LogP contribution in [0.4, 0.5) is 5.69 Å². The molecule has 2 aromatic rings. The van der Waals surface area contributed by atoms with Crippen LogP contribution in [0.15, 0.2) is 53.0 Å². The summed E-state index contributed by atoms with van der Waals surface area (Å²) in [4.78, 5) is 14.7. The number of halogens is 1. The standard InChI is InChI=1S/C21H27BrN2O/c1-15(2)19-7-5-6-8-20(19)23-21(25)16(3)24(4)14-13-17-9-11-18(22)12-10-17/h5-12,15-16H,13-14H2,1-4H3,(H,23,25). The summed E-state index contributed by atoms with van der Waals surface area (Å²) in [6.45, 7) is 7.06. The lowest BCUT2D eigenvalue weighted by Crippen LogP contribution is -2.40. The Balaban J connectivity index is 1.93. The lowest BCUT2D eigenvalue weighted by atomic mass is 10.0. The van der Waals surface area contributed by atoms with Gasteiger partial charge in [-0.25, -0.2) is 0 Å². The zero-order valence-corrected chi connectivity index (χ0v) is 17.0. The van der Waals surface area contributed by atoms with E-state index in [0.717, 1.165) is 23.1 Å². The Morgan fingerprint density at radius 1 is 1.08 bits per heavy atom. The van der Waals surface area contributed by atoms with E-state index in [-0.39, 0.29) is 11.9 Å². The Labute approximate surface area is 159 Å². The summed E-state index contributed by atoms with van der Waals surface area (Å²) < 4.78 is 1.08. The average molecular weight is 403 g/mol. The van der Waals surface area contributed by atoms with Crippen LogP contribution < -0.4 is 5.32 Å². The largest absolute Gasteiger partial charge is 0.324 e. The van der Waals surface area contributed by atoms with Gasteiger partial charge < -0.3 is 5.32 Å². The number of nitrogens with one attached hydrogen (secondary N) is 1. The molecule has 3 nitrogen and oxygen atoms in total. The van der Waals surface area contributed by atoms with E-state index in [2.05, 4.69) is 58.2 Å². The van der Waals surface area contributed by atoms with Crippen LogP contribution in [0.5, 0.6) is 0 Å². The highest BCUT2D eigenvalue weighted by molar-refractivity contribution is 9.10. The van der Waals surface area contributed by atoms with E-state index in [1.165, 1.54) is 11.1 Å². The first kappa shape index (κ1) is 19.7. The minimum Gasteiger partial charge on any atom is -0.324 e. The van der Waals surface area contributed by atoms with E-state index in [1.807, 2.05) is 44.3 Å². The number of likely N-dealkylation sites (N-methyl/N-ethyl adjacent to an activating group) is 1. The molecule has 0 heterocycles. The first-order valence-corrected chi connectivity index (χ1v) is 9.52. The van der Waals surface area contributed by atoms with Crippen LogP contribution in [0.3, 0.4) is 0 Å². The molecule has 0 aromatic heterocycles. The van der Waals surface area contributed by atoms with Crippen molar-refractivity contribution in [2.75, 3.05) is 18.9 Å². The van der Waals surface area contributed by atoms with Crippen molar-refractivity contribution >= 4 is 27.5 Å². The van der Waals surface area contributed by atoms with E-state index in [9.17, 15) is 4.79 Å². The second-order valence-electron chi connectivity index (χ2n) is 6.76. The topological polar surface area (TPSA) is 32.3 Å². The highest BCUT2D eigenvalue weighted by Gasteiger charge is 2.19. The summed E-state index contributed by atoms with van der Waals surface area (Å²) in [6, 6.07) is 16.2. The van der Waals surface area contributed by atoms with Crippen molar-refractivity contribution < 1.29 is 4.79 Å². The highest BCUT2D eigenvalue weighted by atomic mass is 79.9. The smallest absolute Gasteiger partial charge is 0.241 e. The van der Waals surface area contributed by atoms with Gasteiger partial charge in [-0.3, -0.25) is 9.69 Å². The molecule has 0 aliphatic heterocycles. The molecule has 1 amide bonds. The van der Waals surface area contributed by atoms with Gasteiger partial charge in [-0.05, 0) is 55.6 Å². The van der Waals surface area contributed by atoms with E-state index >= 15 is 0 Å². The third-order valence-corrected chi connectivity index (χ3v) is 5.08. The summed E-state index contributed by atoms with van der Waals surface area (Å²) in [5.41, 5.74) is 3.35. The van der Waals surface area contributed by atoms with Crippen LogP contribution >= 0.6 is 15.9 Å². The molecule has 0 saturated heterocycles. The number of para-hydroxylation sites is 1. The average Bonchev–Trinajstić information content (AvgIpc) is 2.60. The molecule has 0 aliphatic rings. The van der Waals surface area contributed by atoms with E-state index in [4.69, 9.17) is 0 Å². The summed E-state index contributed by atoms with van der Waals surface area (Å²) in [5, 5.41) is 3.09. The summed E-state index contributed by atoms with van der Waals surface area (Å²) >= 11 is 3.45. The lowest BCUT2D eigenvalue weighted by Gasteiger charge is -2.24. The number of carbonyl (C=O) groups excluding carboxylic acids is 1. The number of rotatable bonds is 7. The van der Waals surface area contributed by atoms with Crippen LogP contribution in [-0.2, 0) is 11.2 Å². The Morgan fingerprint density at radius 3 is 2.36 bits per heavy atom. The van der Waals surface area contributed by atoms with Crippen molar-refractivity contribution in [1.29, 1.82) is 0 Å². The number of hydrogen-bond acceptors (Lipinski definition) is 2. The minimum atomic E-state index is -0.185. The number of benzene rings is 2. The molecular formula is C21H27BrN2O. The number of hydrogen-bond donors (Lipinski definition) is 1. The highest BCUT2D eigenvalue weighted by Crippen LogP contribution is 2.24.